The van der Waals surface area contributed by atoms with Crippen LogP contribution in [0, 0.1) is 5.92 Å². The highest BCUT2D eigenvalue weighted by atomic mass is 32.2. The lowest BCUT2D eigenvalue weighted by Gasteiger charge is -2.31. The molecule has 6 heteroatoms. The first-order valence-electron chi connectivity index (χ1n) is 5.79. The van der Waals surface area contributed by atoms with Gasteiger partial charge in [-0.2, -0.15) is 21.0 Å². The molecule has 0 amide bonds. The smallest absolute Gasteiger partial charge is 0.268 e. The SMILES string of the molecule is CC1=C(C)CC(S(=O)(=O)O)C(CNCCS)C1. The average molecular weight is 279 g/mol. The van der Waals surface area contributed by atoms with Crippen molar-refractivity contribution in [2.75, 3.05) is 18.8 Å². The van der Waals surface area contributed by atoms with Crippen LogP contribution >= 0.6 is 12.6 Å². The fraction of sp³-hybridized carbons (Fsp3) is 0.818. The van der Waals surface area contributed by atoms with Gasteiger partial charge in [0.15, 0.2) is 0 Å². The molecule has 0 aromatic carbocycles. The summed E-state index contributed by atoms with van der Waals surface area (Å²) in [5, 5.41) is 2.50. The summed E-state index contributed by atoms with van der Waals surface area (Å²) in [6.07, 6.45) is 1.17. The Labute approximate surface area is 109 Å². The Hall–Kier alpha value is -0.0400. The van der Waals surface area contributed by atoms with Gasteiger partial charge >= 0.3 is 0 Å². The summed E-state index contributed by atoms with van der Waals surface area (Å²) < 4.78 is 32.0. The molecule has 0 saturated heterocycles. The fourth-order valence-corrected chi connectivity index (χ4v) is 3.56. The van der Waals surface area contributed by atoms with Gasteiger partial charge in [-0.05, 0) is 39.2 Å². The summed E-state index contributed by atoms with van der Waals surface area (Å²) in [4.78, 5) is 0. The lowest BCUT2D eigenvalue weighted by molar-refractivity contribution is 0.386. The highest BCUT2D eigenvalue weighted by Gasteiger charge is 2.35. The van der Waals surface area contributed by atoms with Crippen LogP contribution in [0.15, 0.2) is 11.1 Å². The molecule has 100 valence electrons. The standard InChI is InChI=1S/C11H21NO3S2/c1-8-5-10(7-12-3-4-16)11(6-9(8)2)17(13,14)15/h10-12,16H,3-7H2,1-2H3,(H,13,14,15). The van der Waals surface area contributed by atoms with E-state index in [1.165, 1.54) is 5.57 Å². The van der Waals surface area contributed by atoms with Crippen LogP contribution in [0.3, 0.4) is 0 Å². The van der Waals surface area contributed by atoms with Crippen molar-refractivity contribution in [1.82, 2.24) is 5.32 Å². The normalized spacial score (nSPS) is 26.4. The number of hydrogen-bond donors (Lipinski definition) is 3. The summed E-state index contributed by atoms with van der Waals surface area (Å²) in [5.41, 5.74) is 2.32. The number of allylic oxidation sites excluding steroid dienone is 2. The highest BCUT2D eigenvalue weighted by Crippen LogP contribution is 2.32. The van der Waals surface area contributed by atoms with Crippen LogP contribution in [0.25, 0.3) is 0 Å². The largest absolute Gasteiger partial charge is 0.316 e. The van der Waals surface area contributed by atoms with Crippen LogP contribution in [-0.4, -0.2) is 37.1 Å². The maximum atomic E-state index is 11.4. The van der Waals surface area contributed by atoms with E-state index in [-0.39, 0.29) is 5.92 Å². The van der Waals surface area contributed by atoms with E-state index in [0.717, 1.165) is 24.3 Å². The minimum Gasteiger partial charge on any atom is -0.316 e. The monoisotopic (exact) mass is 279 g/mol. The number of nitrogens with one attached hydrogen (secondary N) is 1. The van der Waals surface area contributed by atoms with Gasteiger partial charge in [0.2, 0.25) is 0 Å². The molecule has 0 saturated carbocycles. The molecule has 0 heterocycles. The molecule has 4 nitrogen and oxygen atoms in total. The Bertz CT molecular complexity index is 390. The maximum absolute atomic E-state index is 11.4. The number of rotatable bonds is 5. The van der Waals surface area contributed by atoms with Crippen LogP contribution < -0.4 is 5.32 Å². The zero-order chi connectivity index (χ0) is 13.1. The van der Waals surface area contributed by atoms with Crippen molar-refractivity contribution in [3.05, 3.63) is 11.1 Å². The predicted molar refractivity (Wildman–Crippen MR) is 73.2 cm³/mol. The van der Waals surface area contributed by atoms with Gasteiger partial charge in [0, 0.05) is 12.3 Å². The van der Waals surface area contributed by atoms with Gasteiger partial charge in [-0.1, -0.05) is 11.1 Å². The van der Waals surface area contributed by atoms with E-state index in [1.807, 2.05) is 13.8 Å². The Balaban J connectivity index is 2.77. The van der Waals surface area contributed by atoms with E-state index in [9.17, 15) is 13.0 Å². The number of thiol groups is 1. The third kappa shape index (κ3) is 4.28. The van der Waals surface area contributed by atoms with Gasteiger partial charge in [0.25, 0.3) is 10.1 Å². The third-order valence-corrected chi connectivity index (χ3v) is 4.95. The second kappa shape index (κ2) is 6.22. The van der Waals surface area contributed by atoms with Gasteiger partial charge in [-0.3, -0.25) is 4.55 Å². The Morgan fingerprint density at radius 1 is 1.35 bits per heavy atom. The van der Waals surface area contributed by atoms with Crippen LogP contribution in [0.5, 0.6) is 0 Å². The molecular formula is C11H21NO3S2. The number of hydrogen-bond acceptors (Lipinski definition) is 4. The molecule has 0 fully saturated rings. The first-order valence-corrected chi connectivity index (χ1v) is 7.93. The summed E-state index contributed by atoms with van der Waals surface area (Å²) in [5.74, 6) is 0.672. The molecule has 0 aromatic rings. The molecule has 0 bridgehead atoms. The summed E-state index contributed by atoms with van der Waals surface area (Å²) >= 11 is 4.09. The van der Waals surface area contributed by atoms with Gasteiger partial charge in [0.1, 0.15) is 0 Å². The van der Waals surface area contributed by atoms with Crippen molar-refractivity contribution in [3.8, 4) is 0 Å². The Morgan fingerprint density at radius 2 is 1.94 bits per heavy atom. The molecule has 0 spiro atoms. The first-order chi connectivity index (χ1) is 7.86. The molecule has 1 aliphatic rings. The molecule has 17 heavy (non-hydrogen) atoms. The highest BCUT2D eigenvalue weighted by molar-refractivity contribution is 7.86. The van der Waals surface area contributed by atoms with E-state index in [1.54, 1.807) is 0 Å². The van der Waals surface area contributed by atoms with Gasteiger partial charge in [-0.15, -0.1) is 0 Å². The minimum atomic E-state index is -3.96. The van der Waals surface area contributed by atoms with Gasteiger partial charge in [0.05, 0.1) is 5.25 Å². The molecular weight excluding hydrogens is 258 g/mol. The van der Waals surface area contributed by atoms with E-state index >= 15 is 0 Å². The van der Waals surface area contributed by atoms with Crippen LogP contribution in [0.1, 0.15) is 26.7 Å². The van der Waals surface area contributed by atoms with E-state index in [4.69, 9.17) is 0 Å². The molecule has 0 aromatic heterocycles. The quantitative estimate of drug-likeness (QED) is 0.309. The van der Waals surface area contributed by atoms with Crippen molar-refractivity contribution >= 4 is 22.7 Å². The van der Waals surface area contributed by atoms with Crippen LogP contribution in [0.4, 0.5) is 0 Å². The van der Waals surface area contributed by atoms with E-state index in [2.05, 4.69) is 17.9 Å². The van der Waals surface area contributed by atoms with E-state index < -0.39 is 15.4 Å². The Kier molecular flexibility index (Phi) is 5.50. The molecule has 2 N–H and O–H groups in total. The van der Waals surface area contributed by atoms with Crippen molar-refractivity contribution in [3.63, 3.8) is 0 Å². The van der Waals surface area contributed by atoms with Gasteiger partial charge in [-0.25, -0.2) is 0 Å². The minimum absolute atomic E-state index is 0.0476. The summed E-state index contributed by atoms with van der Waals surface area (Å²) in [6, 6.07) is 0. The molecule has 0 radical (unpaired) electrons. The lowest BCUT2D eigenvalue weighted by Crippen LogP contribution is -2.39. The van der Waals surface area contributed by atoms with Crippen molar-refractivity contribution in [2.24, 2.45) is 5.92 Å². The topological polar surface area (TPSA) is 66.4 Å². The Morgan fingerprint density at radius 3 is 2.47 bits per heavy atom. The third-order valence-electron chi connectivity index (χ3n) is 3.41. The van der Waals surface area contributed by atoms with Crippen molar-refractivity contribution < 1.29 is 13.0 Å². The van der Waals surface area contributed by atoms with Gasteiger partial charge < -0.3 is 5.32 Å². The van der Waals surface area contributed by atoms with Crippen LogP contribution in [-0.2, 0) is 10.1 Å². The summed E-state index contributed by atoms with van der Waals surface area (Å²) in [7, 11) is -3.96. The fourth-order valence-electron chi connectivity index (χ4n) is 2.26. The zero-order valence-corrected chi connectivity index (χ0v) is 12.0. The second-order valence-electron chi connectivity index (χ2n) is 4.71. The van der Waals surface area contributed by atoms with Crippen molar-refractivity contribution in [2.45, 2.75) is 31.9 Å². The lowest BCUT2D eigenvalue weighted by atomic mass is 9.84. The second-order valence-corrected chi connectivity index (χ2v) is 6.79. The molecule has 2 unspecified atom stereocenters. The van der Waals surface area contributed by atoms with Crippen molar-refractivity contribution in [1.29, 1.82) is 0 Å². The zero-order valence-electron chi connectivity index (χ0n) is 10.3. The molecule has 2 atom stereocenters. The van der Waals surface area contributed by atoms with Crippen LogP contribution in [0.2, 0.25) is 0 Å². The average Bonchev–Trinajstić information content (AvgIpc) is 2.21. The van der Waals surface area contributed by atoms with E-state index in [0.29, 0.717) is 13.0 Å². The molecule has 1 aliphatic carbocycles. The summed E-state index contributed by atoms with van der Waals surface area (Å²) in [6.45, 7) is 5.32. The maximum Gasteiger partial charge on any atom is 0.268 e. The predicted octanol–water partition coefficient (Wildman–Crippen LogP) is 1.51. The first kappa shape index (κ1) is 15.0. The molecule has 1 rings (SSSR count). The molecule has 0 aliphatic heterocycles.